The number of hydrogen-bond acceptors (Lipinski definition) is 5. The first-order valence-electron chi connectivity index (χ1n) is 6.07. The predicted molar refractivity (Wildman–Crippen MR) is 72.7 cm³/mol. The summed E-state index contributed by atoms with van der Waals surface area (Å²) in [6.07, 6.45) is 0.471. The van der Waals surface area contributed by atoms with Gasteiger partial charge in [-0.1, -0.05) is 11.6 Å². The lowest BCUT2D eigenvalue weighted by Gasteiger charge is -2.24. The molecular formula is C14H15ClO5. The first-order chi connectivity index (χ1) is 9.53. The van der Waals surface area contributed by atoms with Crippen LogP contribution in [0.3, 0.4) is 0 Å². The smallest absolute Gasteiger partial charge is 0.309 e. The number of benzene rings is 1. The van der Waals surface area contributed by atoms with Gasteiger partial charge in [0.1, 0.15) is 0 Å². The van der Waals surface area contributed by atoms with Gasteiger partial charge in [0.05, 0.1) is 32.3 Å². The molecule has 1 unspecified atom stereocenters. The third-order valence-corrected chi connectivity index (χ3v) is 3.83. The Kier molecular flexibility index (Phi) is 4.18. The highest BCUT2D eigenvalue weighted by molar-refractivity contribution is 6.34. The largest absolute Gasteiger partial charge is 0.493 e. The number of ketones is 1. The van der Waals surface area contributed by atoms with Crippen LogP contribution in [0.5, 0.6) is 11.5 Å². The van der Waals surface area contributed by atoms with E-state index >= 15 is 0 Å². The zero-order chi connectivity index (χ0) is 14.9. The third-order valence-electron chi connectivity index (χ3n) is 3.43. The summed E-state index contributed by atoms with van der Waals surface area (Å²) in [5.41, 5.74) is 1.09. The van der Waals surface area contributed by atoms with E-state index in [1.807, 2.05) is 0 Å². The van der Waals surface area contributed by atoms with Crippen LogP contribution in [0.1, 0.15) is 22.3 Å². The van der Waals surface area contributed by atoms with Crippen LogP contribution in [0, 0.1) is 5.92 Å². The average molecular weight is 299 g/mol. The van der Waals surface area contributed by atoms with Crippen LogP contribution in [0.25, 0.3) is 0 Å². The van der Waals surface area contributed by atoms with Crippen molar-refractivity contribution in [3.63, 3.8) is 0 Å². The van der Waals surface area contributed by atoms with E-state index in [0.29, 0.717) is 34.1 Å². The lowest BCUT2D eigenvalue weighted by atomic mass is 9.82. The molecule has 0 amide bonds. The van der Waals surface area contributed by atoms with Crippen LogP contribution < -0.4 is 9.47 Å². The number of hydrogen-bond donors (Lipinski definition) is 0. The molecule has 5 nitrogen and oxygen atoms in total. The Morgan fingerprint density at radius 2 is 1.95 bits per heavy atom. The van der Waals surface area contributed by atoms with Crippen molar-refractivity contribution in [2.45, 2.75) is 12.8 Å². The standard InChI is InChI=1S/C14H15ClO5/c1-18-11-6-8-9(12(15)13(11)19-2)4-7(5-10(8)16)14(17)20-3/h6-7H,4-5H2,1-3H3. The minimum absolute atomic E-state index is 0.117. The molecule has 108 valence electrons. The number of esters is 1. The lowest BCUT2D eigenvalue weighted by Crippen LogP contribution is -2.27. The molecule has 0 aliphatic heterocycles. The van der Waals surface area contributed by atoms with Crippen molar-refractivity contribution in [1.82, 2.24) is 0 Å². The molecule has 0 bridgehead atoms. The molecule has 6 heteroatoms. The van der Waals surface area contributed by atoms with E-state index in [-0.39, 0.29) is 12.2 Å². The van der Waals surface area contributed by atoms with Gasteiger partial charge in [0, 0.05) is 12.0 Å². The molecule has 0 heterocycles. The minimum Gasteiger partial charge on any atom is -0.493 e. The number of carbonyl (C=O) groups excluding carboxylic acids is 2. The van der Waals surface area contributed by atoms with Gasteiger partial charge >= 0.3 is 5.97 Å². The van der Waals surface area contributed by atoms with Crippen molar-refractivity contribution in [3.8, 4) is 11.5 Å². The van der Waals surface area contributed by atoms with Gasteiger partial charge in [-0.15, -0.1) is 0 Å². The summed E-state index contributed by atoms with van der Waals surface area (Å²) in [5.74, 6) is -0.290. The van der Waals surface area contributed by atoms with E-state index < -0.39 is 11.9 Å². The quantitative estimate of drug-likeness (QED) is 0.801. The molecular weight excluding hydrogens is 284 g/mol. The molecule has 0 fully saturated rings. The van der Waals surface area contributed by atoms with Crippen LogP contribution in [0.4, 0.5) is 0 Å². The van der Waals surface area contributed by atoms with Crippen molar-refractivity contribution >= 4 is 23.4 Å². The van der Waals surface area contributed by atoms with Crippen LogP contribution >= 0.6 is 11.6 Å². The van der Waals surface area contributed by atoms with Gasteiger partial charge in [-0.2, -0.15) is 0 Å². The maximum absolute atomic E-state index is 12.2. The topological polar surface area (TPSA) is 61.8 Å². The predicted octanol–water partition coefficient (Wildman–Crippen LogP) is 2.28. The van der Waals surface area contributed by atoms with Crippen LogP contribution in [-0.2, 0) is 16.0 Å². The Balaban J connectivity index is 2.53. The Morgan fingerprint density at radius 3 is 2.50 bits per heavy atom. The molecule has 1 aliphatic rings. The first-order valence-corrected chi connectivity index (χ1v) is 6.45. The Bertz CT molecular complexity index is 567. The van der Waals surface area contributed by atoms with Crippen LogP contribution in [0.2, 0.25) is 5.02 Å². The fourth-order valence-corrected chi connectivity index (χ4v) is 2.77. The maximum atomic E-state index is 12.2. The summed E-state index contributed by atoms with van der Waals surface area (Å²) in [5, 5.41) is 0.309. The van der Waals surface area contributed by atoms with Crippen molar-refractivity contribution in [2.75, 3.05) is 21.3 Å². The number of carbonyl (C=O) groups is 2. The second-order valence-corrected chi connectivity index (χ2v) is 4.88. The van der Waals surface area contributed by atoms with Crippen molar-refractivity contribution in [1.29, 1.82) is 0 Å². The first kappa shape index (κ1) is 14.7. The maximum Gasteiger partial charge on any atom is 0.309 e. The number of Topliss-reactive ketones (excluding diaryl/α,β-unsaturated/α-hetero) is 1. The molecule has 0 aromatic heterocycles. The van der Waals surface area contributed by atoms with Crippen molar-refractivity contribution in [3.05, 3.63) is 22.2 Å². The number of rotatable bonds is 3. The van der Waals surface area contributed by atoms with Gasteiger partial charge < -0.3 is 14.2 Å². The van der Waals surface area contributed by atoms with Gasteiger partial charge in [-0.25, -0.2) is 0 Å². The van der Waals surface area contributed by atoms with Gasteiger partial charge in [0.25, 0.3) is 0 Å². The van der Waals surface area contributed by atoms with Crippen LogP contribution in [-0.4, -0.2) is 33.1 Å². The van der Waals surface area contributed by atoms with E-state index in [0.717, 1.165) is 0 Å². The summed E-state index contributed by atoms with van der Waals surface area (Å²) in [4.78, 5) is 23.8. The summed E-state index contributed by atoms with van der Waals surface area (Å²) in [6.45, 7) is 0. The van der Waals surface area contributed by atoms with E-state index in [9.17, 15) is 9.59 Å². The molecule has 1 aliphatic carbocycles. The van der Waals surface area contributed by atoms with Crippen molar-refractivity contribution < 1.29 is 23.8 Å². The average Bonchev–Trinajstić information content (AvgIpc) is 2.46. The highest BCUT2D eigenvalue weighted by atomic mass is 35.5. The van der Waals surface area contributed by atoms with Gasteiger partial charge in [-0.3, -0.25) is 9.59 Å². The number of halogens is 1. The van der Waals surface area contributed by atoms with E-state index in [1.54, 1.807) is 6.07 Å². The minimum atomic E-state index is -0.504. The molecule has 0 spiro atoms. The Labute approximate surface area is 121 Å². The Morgan fingerprint density at radius 1 is 1.25 bits per heavy atom. The van der Waals surface area contributed by atoms with Gasteiger partial charge in [0.2, 0.25) is 0 Å². The SMILES string of the molecule is COC(=O)C1CC(=O)c2cc(OC)c(OC)c(Cl)c2C1. The normalized spacial score (nSPS) is 17.4. The molecule has 20 heavy (non-hydrogen) atoms. The molecule has 1 aromatic rings. The molecule has 0 N–H and O–H groups in total. The number of ether oxygens (including phenoxy) is 3. The molecule has 0 saturated carbocycles. The fourth-order valence-electron chi connectivity index (χ4n) is 2.42. The highest BCUT2D eigenvalue weighted by Gasteiger charge is 2.34. The van der Waals surface area contributed by atoms with E-state index in [2.05, 4.69) is 0 Å². The summed E-state index contributed by atoms with van der Waals surface area (Å²) in [6, 6.07) is 1.61. The molecule has 0 saturated heterocycles. The van der Waals surface area contributed by atoms with E-state index in [4.69, 9.17) is 25.8 Å². The third kappa shape index (κ3) is 2.33. The summed E-state index contributed by atoms with van der Waals surface area (Å²) < 4.78 is 15.1. The second-order valence-electron chi connectivity index (χ2n) is 4.50. The molecule has 0 radical (unpaired) electrons. The second kappa shape index (κ2) is 5.71. The Hall–Kier alpha value is -1.75. The molecule has 2 rings (SSSR count). The molecule has 1 atom stereocenters. The zero-order valence-electron chi connectivity index (χ0n) is 11.5. The van der Waals surface area contributed by atoms with Gasteiger partial charge in [-0.05, 0) is 18.1 Å². The molecule has 1 aromatic carbocycles. The highest BCUT2D eigenvalue weighted by Crippen LogP contribution is 2.43. The van der Waals surface area contributed by atoms with Crippen LogP contribution in [0.15, 0.2) is 6.07 Å². The lowest BCUT2D eigenvalue weighted by molar-refractivity contribution is -0.145. The fraction of sp³-hybridized carbons (Fsp3) is 0.429. The van der Waals surface area contributed by atoms with Crippen molar-refractivity contribution in [2.24, 2.45) is 5.92 Å². The zero-order valence-corrected chi connectivity index (χ0v) is 12.2. The number of fused-ring (bicyclic) bond motifs is 1. The summed E-state index contributed by atoms with van der Waals surface area (Å²) in [7, 11) is 4.25. The van der Waals surface area contributed by atoms with Gasteiger partial charge in [0.15, 0.2) is 17.3 Å². The summed E-state index contributed by atoms with van der Waals surface area (Å²) >= 11 is 6.28. The monoisotopic (exact) mass is 298 g/mol. The van der Waals surface area contributed by atoms with E-state index in [1.165, 1.54) is 21.3 Å². The number of methoxy groups -OCH3 is 3.